The van der Waals surface area contributed by atoms with Crippen LogP contribution < -0.4 is 5.32 Å². The van der Waals surface area contributed by atoms with Gasteiger partial charge < -0.3 is 10.2 Å². The summed E-state index contributed by atoms with van der Waals surface area (Å²) < 4.78 is 26.2. The zero-order valence-electron chi connectivity index (χ0n) is 13.8. The SMILES string of the molecule is O=C(Nc1ccc(F)c(F)c1)C1CCCN(C(=O)c2ccc(Cl)cc2)C1. The maximum Gasteiger partial charge on any atom is 0.253 e. The van der Waals surface area contributed by atoms with Crippen LogP contribution in [-0.2, 0) is 4.79 Å². The van der Waals surface area contributed by atoms with Gasteiger partial charge in [0.1, 0.15) is 0 Å². The van der Waals surface area contributed by atoms with E-state index in [1.54, 1.807) is 29.2 Å². The number of carbonyl (C=O) groups excluding carboxylic acids is 2. The van der Waals surface area contributed by atoms with E-state index in [0.717, 1.165) is 12.1 Å². The van der Waals surface area contributed by atoms with Crippen molar-refractivity contribution >= 4 is 29.1 Å². The van der Waals surface area contributed by atoms with E-state index in [2.05, 4.69) is 5.32 Å². The Kier molecular flexibility index (Phi) is 5.52. The second-order valence-electron chi connectivity index (χ2n) is 6.22. The molecule has 0 aliphatic carbocycles. The third kappa shape index (κ3) is 4.19. The van der Waals surface area contributed by atoms with Crippen molar-refractivity contribution < 1.29 is 18.4 Å². The average molecular weight is 379 g/mol. The number of halogens is 3. The van der Waals surface area contributed by atoms with Crippen molar-refractivity contribution in [2.45, 2.75) is 12.8 Å². The van der Waals surface area contributed by atoms with Crippen LogP contribution in [0.5, 0.6) is 0 Å². The second kappa shape index (κ2) is 7.83. The molecular weight excluding hydrogens is 362 g/mol. The highest BCUT2D eigenvalue weighted by Crippen LogP contribution is 2.22. The third-order valence-corrected chi connectivity index (χ3v) is 4.61. The molecule has 1 saturated heterocycles. The van der Waals surface area contributed by atoms with Crippen LogP contribution in [0.4, 0.5) is 14.5 Å². The fourth-order valence-electron chi connectivity index (χ4n) is 2.97. The lowest BCUT2D eigenvalue weighted by Crippen LogP contribution is -2.43. The number of nitrogens with zero attached hydrogens (tertiary/aromatic N) is 1. The first-order valence-electron chi connectivity index (χ1n) is 8.25. The van der Waals surface area contributed by atoms with E-state index in [-0.39, 0.29) is 24.0 Å². The number of hydrogen-bond donors (Lipinski definition) is 1. The van der Waals surface area contributed by atoms with E-state index >= 15 is 0 Å². The number of nitrogens with one attached hydrogen (secondary N) is 1. The number of amides is 2. The lowest BCUT2D eigenvalue weighted by Gasteiger charge is -2.32. The molecule has 1 aliphatic heterocycles. The van der Waals surface area contributed by atoms with Crippen LogP contribution >= 0.6 is 11.6 Å². The lowest BCUT2D eigenvalue weighted by atomic mass is 9.96. The summed E-state index contributed by atoms with van der Waals surface area (Å²) in [5.74, 6) is -2.88. The fourth-order valence-corrected chi connectivity index (χ4v) is 3.09. The Morgan fingerprint density at radius 2 is 1.81 bits per heavy atom. The van der Waals surface area contributed by atoms with Crippen molar-refractivity contribution in [1.82, 2.24) is 4.90 Å². The summed E-state index contributed by atoms with van der Waals surface area (Å²) in [6.07, 6.45) is 1.31. The molecule has 7 heteroatoms. The van der Waals surface area contributed by atoms with Crippen LogP contribution in [0.1, 0.15) is 23.2 Å². The van der Waals surface area contributed by atoms with Gasteiger partial charge in [0, 0.05) is 35.4 Å². The molecule has 2 amide bonds. The minimum atomic E-state index is -1.02. The monoisotopic (exact) mass is 378 g/mol. The molecule has 1 N–H and O–H groups in total. The van der Waals surface area contributed by atoms with Crippen molar-refractivity contribution in [3.63, 3.8) is 0 Å². The Morgan fingerprint density at radius 3 is 2.50 bits per heavy atom. The van der Waals surface area contributed by atoms with Gasteiger partial charge in [-0.2, -0.15) is 0 Å². The van der Waals surface area contributed by atoms with E-state index in [1.807, 2.05) is 0 Å². The summed E-state index contributed by atoms with van der Waals surface area (Å²) in [5.41, 5.74) is 0.700. The summed E-state index contributed by atoms with van der Waals surface area (Å²) in [4.78, 5) is 26.6. The van der Waals surface area contributed by atoms with Gasteiger partial charge in [-0.3, -0.25) is 9.59 Å². The molecular formula is C19H17ClF2N2O2. The van der Waals surface area contributed by atoms with Crippen LogP contribution in [0.15, 0.2) is 42.5 Å². The van der Waals surface area contributed by atoms with Gasteiger partial charge in [-0.1, -0.05) is 11.6 Å². The van der Waals surface area contributed by atoms with E-state index in [1.165, 1.54) is 6.07 Å². The molecule has 136 valence electrons. The van der Waals surface area contributed by atoms with Crippen LogP contribution in [0.2, 0.25) is 5.02 Å². The largest absolute Gasteiger partial charge is 0.338 e. The zero-order chi connectivity index (χ0) is 18.7. The predicted octanol–water partition coefficient (Wildman–Crippen LogP) is 4.11. The Balaban J connectivity index is 1.65. The number of rotatable bonds is 3. The van der Waals surface area contributed by atoms with Gasteiger partial charge in [0.25, 0.3) is 5.91 Å². The molecule has 4 nitrogen and oxygen atoms in total. The average Bonchev–Trinajstić information content (AvgIpc) is 2.65. The van der Waals surface area contributed by atoms with Gasteiger partial charge in [-0.15, -0.1) is 0 Å². The van der Waals surface area contributed by atoms with Gasteiger partial charge in [0.2, 0.25) is 5.91 Å². The maximum atomic E-state index is 13.3. The summed E-state index contributed by atoms with van der Waals surface area (Å²) in [6, 6.07) is 9.79. The van der Waals surface area contributed by atoms with E-state index < -0.39 is 17.6 Å². The topological polar surface area (TPSA) is 49.4 Å². The molecule has 0 radical (unpaired) electrons. The Bertz CT molecular complexity index is 827. The first-order chi connectivity index (χ1) is 12.4. The maximum absolute atomic E-state index is 13.3. The van der Waals surface area contributed by atoms with Gasteiger partial charge in [0.15, 0.2) is 11.6 Å². The van der Waals surface area contributed by atoms with Crippen LogP contribution in [-0.4, -0.2) is 29.8 Å². The lowest BCUT2D eigenvalue weighted by molar-refractivity contribution is -0.121. The molecule has 0 spiro atoms. The minimum absolute atomic E-state index is 0.160. The minimum Gasteiger partial charge on any atom is -0.338 e. The van der Waals surface area contributed by atoms with Gasteiger partial charge in [-0.25, -0.2) is 8.78 Å². The molecule has 1 heterocycles. The Morgan fingerprint density at radius 1 is 1.08 bits per heavy atom. The molecule has 0 saturated carbocycles. The van der Waals surface area contributed by atoms with E-state index in [0.29, 0.717) is 30.0 Å². The molecule has 1 atom stereocenters. The normalized spacial score (nSPS) is 17.0. The van der Waals surface area contributed by atoms with Gasteiger partial charge in [-0.05, 0) is 49.2 Å². The second-order valence-corrected chi connectivity index (χ2v) is 6.65. The predicted molar refractivity (Wildman–Crippen MR) is 95.1 cm³/mol. The molecule has 1 aliphatic rings. The number of piperidine rings is 1. The van der Waals surface area contributed by atoms with Crippen LogP contribution in [0.25, 0.3) is 0 Å². The van der Waals surface area contributed by atoms with Crippen molar-refractivity contribution in [1.29, 1.82) is 0 Å². The number of carbonyl (C=O) groups is 2. The van der Waals surface area contributed by atoms with Crippen molar-refractivity contribution in [2.24, 2.45) is 5.92 Å². The van der Waals surface area contributed by atoms with Gasteiger partial charge >= 0.3 is 0 Å². The highest BCUT2D eigenvalue weighted by Gasteiger charge is 2.29. The van der Waals surface area contributed by atoms with Crippen molar-refractivity contribution in [3.8, 4) is 0 Å². The smallest absolute Gasteiger partial charge is 0.253 e. The third-order valence-electron chi connectivity index (χ3n) is 4.36. The number of benzene rings is 2. The first-order valence-corrected chi connectivity index (χ1v) is 8.62. The molecule has 0 aromatic heterocycles. The Labute approximate surface area is 154 Å². The number of hydrogen-bond acceptors (Lipinski definition) is 2. The number of anilines is 1. The molecule has 3 rings (SSSR count). The van der Waals surface area contributed by atoms with E-state index in [4.69, 9.17) is 11.6 Å². The summed E-state index contributed by atoms with van der Waals surface area (Å²) >= 11 is 5.84. The number of likely N-dealkylation sites (tertiary alicyclic amines) is 1. The summed E-state index contributed by atoms with van der Waals surface area (Å²) in [5, 5.41) is 3.13. The van der Waals surface area contributed by atoms with Crippen molar-refractivity contribution in [3.05, 3.63) is 64.7 Å². The van der Waals surface area contributed by atoms with Crippen molar-refractivity contribution in [2.75, 3.05) is 18.4 Å². The molecule has 2 aromatic carbocycles. The molecule has 26 heavy (non-hydrogen) atoms. The summed E-state index contributed by atoms with van der Waals surface area (Å²) in [6.45, 7) is 0.841. The Hall–Kier alpha value is -2.47. The molecule has 2 aromatic rings. The quantitative estimate of drug-likeness (QED) is 0.873. The van der Waals surface area contributed by atoms with Crippen LogP contribution in [0, 0.1) is 17.6 Å². The van der Waals surface area contributed by atoms with E-state index in [9.17, 15) is 18.4 Å². The highest BCUT2D eigenvalue weighted by molar-refractivity contribution is 6.30. The van der Waals surface area contributed by atoms with Gasteiger partial charge in [0.05, 0.1) is 5.92 Å². The summed E-state index contributed by atoms with van der Waals surface area (Å²) in [7, 11) is 0. The highest BCUT2D eigenvalue weighted by atomic mass is 35.5. The van der Waals surface area contributed by atoms with Crippen LogP contribution in [0.3, 0.4) is 0 Å². The zero-order valence-corrected chi connectivity index (χ0v) is 14.6. The molecule has 1 unspecified atom stereocenters. The molecule has 0 bridgehead atoms. The fraction of sp³-hybridized carbons (Fsp3) is 0.263. The standard InChI is InChI=1S/C19H17ClF2N2O2/c20-14-5-3-12(4-6-14)19(26)24-9-1-2-13(11-24)18(25)23-15-7-8-16(21)17(22)10-15/h3-8,10,13H,1-2,9,11H2,(H,23,25). The molecule has 1 fully saturated rings. The first kappa shape index (κ1) is 18.3.